The van der Waals surface area contributed by atoms with Gasteiger partial charge >= 0.3 is 0 Å². The molecule has 0 saturated heterocycles. The van der Waals surface area contributed by atoms with Gasteiger partial charge in [-0.05, 0) is 36.6 Å². The Morgan fingerprint density at radius 2 is 1.75 bits per heavy atom. The first-order valence-electron chi connectivity index (χ1n) is 5.86. The molecule has 1 rings (SSSR count). The van der Waals surface area contributed by atoms with Crippen molar-refractivity contribution in [2.75, 3.05) is 12.4 Å². The number of rotatable bonds is 5. The van der Waals surface area contributed by atoms with Gasteiger partial charge in [0.05, 0.1) is 6.61 Å². The zero-order valence-electron chi connectivity index (χ0n) is 10.7. The van der Waals surface area contributed by atoms with Crippen LogP contribution in [0.5, 0.6) is 5.75 Å². The number of para-hydroxylation sites is 1. The van der Waals surface area contributed by atoms with Gasteiger partial charge in [0.2, 0.25) is 0 Å². The minimum absolute atomic E-state index is 0.516. The molecule has 0 aromatic heterocycles. The summed E-state index contributed by atoms with van der Waals surface area (Å²) in [5.41, 5.74) is 2.42. The van der Waals surface area contributed by atoms with E-state index in [2.05, 4.69) is 58.5 Å². The fourth-order valence-corrected chi connectivity index (χ4v) is 2.20. The van der Waals surface area contributed by atoms with Crippen molar-refractivity contribution >= 4 is 12.6 Å². The summed E-state index contributed by atoms with van der Waals surface area (Å²) >= 11 is 4.37. The maximum Gasteiger partial charge on any atom is 0.125 e. The molecular weight excluding hydrogens is 216 g/mol. The Hall–Kier alpha value is -0.630. The van der Waals surface area contributed by atoms with E-state index in [1.54, 1.807) is 0 Å². The lowest BCUT2D eigenvalue weighted by molar-refractivity contribution is 0.224. The van der Waals surface area contributed by atoms with Gasteiger partial charge in [0.1, 0.15) is 5.75 Å². The van der Waals surface area contributed by atoms with Crippen LogP contribution in [-0.4, -0.2) is 12.4 Å². The van der Waals surface area contributed by atoms with E-state index in [-0.39, 0.29) is 0 Å². The molecule has 1 aromatic rings. The van der Waals surface area contributed by atoms with E-state index in [9.17, 15) is 0 Å². The molecule has 0 fully saturated rings. The number of aryl methyl sites for hydroxylation is 2. The molecule has 0 aliphatic carbocycles. The highest BCUT2D eigenvalue weighted by atomic mass is 32.1. The van der Waals surface area contributed by atoms with Gasteiger partial charge in [-0.3, -0.25) is 0 Å². The van der Waals surface area contributed by atoms with Gasteiger partial charge in [-0.2, -0.15) is 12.6 Å². The number of benzene rings is 1. The van der Waals surface area contributed by atoms with Crippen molar-refractivity contribution in [3.8, 4) is 5.75 Å². The van der Waals surface area contributed by atoms with E-state index in [1.165, 1.54) is 11.1 Å². The standard InChI is InChI=1S/C14H22OS/c1-10(2)13(9-16)8-15-14-11(3)6-5-7-12(14)4/h5-7,10,13,16H,8-9H2,1-4H3. The Morgan fingerprint density at radius 1 is 1.19 bits per heavy atom. The number of ether oxygens (including phenoxy) is 1. The van der Waals surface area contributed by atoms with Gasteiger partial charge in [0.15, 0.2) is 0 Å². The summed E-state index contributed by atoms with van der Waals surface area (Å²) in [5, 5.41) is 0. The van der Waals surface area contributed by atoms with E-state index >= 15 is 0 Å². The summed E-state index contributed by atoms with van der Waals surface area (Å²) in [6, 6.07) is 6.25. The van der Waals surface area contributed by atoms with E-state index in [0.717, 1.165) is 18.1 Å². The Balaban J connectivity index is 2.67. The quantitative estimate of drug-likeness (QED) is 0.766. The van der Waals surface area contributed by atoms with Crippen molar-refractivity contribution in [2.24, 2.45) is 11.8 Å². The van der Waals surface area contributed by atoms with Crippen LogP contribution in [0.25, 0.3) is 0 Å². The number of hydrogen-bond acceptors (Lipinski definition) is 2. The fraction of sp³-hybridized carbons (Fsp3) is 0.571. The highest BCUT2D eigenvalue weighted by Gasteiger charge is 2.13. The third-order valence-electron chi connectivity index (χ3n) is 3.03. The third kappa shape index (κ3) is 3.44. The first kappa shape index (κ1) is 13.4. The van der Waals surface area contributed by atoms with Crippen molar-refractivity contribution in [3.05, 3.63) is 29.3 Å². The average molecular weight is 238 g/mol. The Labute approximate surface area is 105 Å². The summed E-state index contributed by atoms with van der Waals surface area (Å²) in [6.45, 7) is 9.37. The smallest absolute Gasteiger partial charge is 0.125 e. The normalized spacial score (nSPS) is 12.9. The Kier molecular flexibility index (Phi) is 5.20. The second-order valence-corrected chi connectivity index (χ2v) is 5.08. The summed E-state index contributed by atoms with van der Waals surface area (Å²) in [5.74, 6) is 3.04. The fourth-order valence-electron chi connectivity index (χ4n) is 1.67. The van der Waals surface area contributed by atoms with E-state index in [0.29, 0.717) is 11.8 Å². The van der Waals surface area contributed by atoms with Crippen LogP contribution in [0.4, 0.5) is 0 Å². The summed E-state index contributed by atoms with van der Waals surface area (Å²) < 4.78 is 5.93. The molecule has 1 unspecified atom stereocenters. The minimum Gasteiger partial charge on any atom is -0.493 e. The zero-order valence-corrected chi connectivity index (χ0v) is 11.6. The SMILES string of the molecule is Cc1cccc(C)c1OCC(CS)C(C)C. The second kappa shape index (κ2) is 6.19. The first-order valence-corrected chi connectivity index (χ1v) is 6.49. The maximum atomic E-state index is 5.93. The first-order chi connectivity index (χ1) is 7.56. The van der Waals surface area contributed by atoms with Crippen LogP contribution in [0, 0.1) is 25.7 Å². The van der Waals surface area contributed by atoms with Crippen LogP contribution in [0.3, 0.4) is 0 Å². The lowest BCUT2D eigenvalue weighted by Gasteiger charge is -2.20. The van der Waals surface area contributed by atoms with Crippen molar-refractivity contribution in [1.82, 2.24) is 0 Å². The minimum atomic E-state index is 0.516. The Morgan fingerprint density at radius 3 is 2.19 bits per heavy atom. The van der Waals surface area contributed by atoms with Crippen molar-refractivity contribution in [1.29, 1.82) is 0 Å². The molecule has 0 bridgehead atoms. The van der Waals surface area contributed by atoms with Crippen LogP contribution in [-0.2, 0) is 0 Å². The molecule has 90 valence electrons. The molecule has 0 spiro atoms. The summed E-state index contributed by atoms with van der Waals surface area (Å²) in [6.07, 6.45) is 0. The summed E-state index contributed by atoms with van der Waals surface area (Å²) in [7, 11) is 0. The van der Waals surface area contributed by atoms with Crippen LogP contribution in [0.1, 0.15) is 25.0 Å². The van der Waals surface area contributed by atoms with E-state index < -0.39 is 0 Å². The van der Waals surface area contributed by atoms with Crippen molar-refractivity contribution in [3.63, 3.8) is 0 Å². The topological polar surface area (TPSA) is 9.23 Å². The van der Waals surface area contributed by atoms with Crippen molar-refractivity contribution < 1.29 is 4.74 Å². The van der Waals surface area contributed by atoms with Crippen LogP contribution >= 0.6 is 12.6 Å². The summed E-state index contributed by atoms with van der Waals surface area (Å²) in [4.78, 5) is 0. The van der Waals surface area contributed by atoms with Gasteiger partial charge in [-0.25, -0.2) is 0 Å². The molecule has 1 nitrogen and oxygen atoms in total. The Bertz CT molecular complexity index is 313. The van der Waals surface area contributed by atoms with E-state index in [4.69, 9.17) is 4.74 Å². The number of hydrogen-bond donors (Lipinski definition) is 1. The average Bonchev–Trinajstić information content (AvgIpc) is 2.22. The largest absolute Gasteiger partial charge is 0.493 e. The monoisotopic (exact) mass is 238 g/mol. The lowest BCUT2D eigenvalue weighted by Crippen LogP contribution is -2.20. The molecular formula is C14H22OS. The number of thiol groups is 1. The molecule has 1 atom stereocenters. The second-order valence-electron chi connectivity index (χ2n) is 4.72. The molecule has 0 aliphatic rings. The molecule has 1 aromatic carbocycles. The molecule has 0 heterocycles. The van der Waals surface area contributed by atoms with Crippen molar-refractivity contribution in [2.45, 2.75) is 27.7 Å². The van der Waals surface area contributed by atoms with Crippen LogP contribution in [0.15, 0.2) is 18.2 Å². The molecule has 0 aliphatic heterocycles. The zero-order chi connectivity index (χ0) is 12.1. The van der Waals surface area contributed by atoms with Crippen LogP contribution < -0.4 is 4.74 Å². The molecule has 0 saturated carbocycles. The molecule has 0 radical (unpaired) electrons. The molecule has 16 heavy (non-hydrogen) atoms. The molecule has 0 N–H and O–H groups in total. The van der Waals surface area contributed by atoms with E-state index in [1.807, 2.05) is 0 Å². The maximum absolute atomic E-state index is 5.93. The van der Waals surface area contributed by atoms with Gasteiger partial charge in [0.25, 0.3) is 0 Å². The van der Waals surface area contributed by atoms with Gasteiger partial charge in [-0.1, -0.05) is 32.0 Å². The molecule has 0 amide bonds. The highest BCUT2D eigenvalue weighted by molar-refractivity contribution is 7.80. The predicted molar refractivity (Wildman–Crippen MR) is 73.6 cm³/mol. The van der Waals surface area contributed by atoms with Gasteiger partial charge in [0, 0.05) is 5.92 Å². The lowest BCUT2D eigenvalue weighted by atomic mass is 9.99. The molecule has 2 heteroatoms. The van der Waals surface area contributed by atoms with Gasteiger partial charge in [-0.15, -0.1) is 0 Å². The van der Waals surface area contributed by atoms with Gasteiger partial charge < -0.3 is 4.74 Å². The predicted octanol–water partition coefficient (Wildman–Crippen LogP) is 3.88. The third-order valence-corrected chi connectivity index (χ3v) is 3.50. The van der Waals surface area contributed by atoms with Crippen LogP contribution in [0.2, 0.25) is 0 Å². The highest BCUT2D eigenvalue weighted by Crippen LogP contribution is 2.24.